The first-order valence-corrected chi connectivity index (χ1v) is 13.4. The molecule has 1 aromatic carbocycles. The Balaban J connectivity index is 1.37. The van der Waals surface area contributed by atoms with Crippen molar-refractivity contribution in [1.29, 1.82) is 0 Å². The Morgan fingerprint density at radius 2 is 1.90 bits per heavy atom. The number of benzene rings is 1. The summed E-state index contributed by atoms with van der Waals surface area (Å²) in [5, 5.41) is 14.4. The number of amides is 2. The van der Waals surface area contributed by atoms with Crippen LogP contribution in [0.4, 0.5) is 22.7 Å². The number of nitrogens with zero attached hydrogens (tertiary/aromatic N) is 3. The summed E-state index contributed by atoms with van der Waals surface area (Å²) in [4.78, 5) is 28.5. The molecule has 1 aliphatic rings. The standard InChI is InChI=1S/C26H29F4N7O3S/c27-20-10-9-19(40-26(28,29)30)13-16(20)14-22(38)34-21(32)11-8-17(31)5-1-2-7-24-36-37-25(41-24)35-23(39)15-18-6-3-4-12-33-18/h4,8-13H,1-3,5-7,14-15,31-32H2,(H,34,38)(H,35,37,39)/b17-8-,21-11+. The van der Waals surface area contributed by atoms with Crippen molar-refractivity contribution < 1.29 is 31.9 Å². The van der Waals surface area contributed by atoms with Crippen molar-refractivity contribution >= 4 is 34.0 Å². The van der Waals surface area contributed by atoms with E-state index in [1.54, 1.807) is 6.20 Å². The first kappa shape index (κ1) is 31.3. The quantitative estimate of drug-likeness (QED) is 0.152. The summed E-state index contributed by atoms with van der Waals surface area (Å²) in [6, 6.07) is 2.39. The molecule has 2 amide bonds. The van der Waals surface area contributed by atoms with Crippen LogP contribution in [-0.4, -0.2) is 34.1 Å². The highest BCUT2D eigenvalue weighted by Crippen LogP contribution is 2.25. The maximum atomic E-state index is 13.9. The third-order valence-electron chi connectivity index (χ3n) is 5.51. The van der Waals surface area contributed by atoms with Crippen LogP contribution in [0.2, 0.25) is 0 Å². The minimum absolute atomic E-state index is 0.0727. The molecule has 0 radical (unpaired) electrons. The van der Waals surface area contributed by atoms with Gasteiger partial charge in [-0.15, -0.1) is 23.4 Å². The summed E-state index contributed by atoms with van der Waals surface area (Å²) >= 11 is 1.31. The number of hydrogen-bond acceptors (Lipinski definition) is 9. The number of carbonyl (C=O) groups is 2. The summed E-state index contributed by atoms with van der Waals surface area (Å²) in [5.41, 5.74) is 12.8. The topological polar surface area (TPSA) is 158 Å². The molecule has 0 saturated carbocycles. The van der Waals surface area contributed by atoms with E-state index in [0.29, 0.717) is 23.7 Å². The van der Waals surface area contributed by atoms with Crippen molar-refractivity contribution in [1.82, 2.24) is 15.5 Å². The average Bonchev–Trinajstić information content (AvgIpc) is 3.34. The molecular formula is C26H29F4N7O3S. The van der Waals surface area contributed by atoms with Crippen molar-refractivity contribution in [3.05, 3.63) is 70.5 Å². The molecule has 0 bridgehead atoms. The van der Waals surface area contributed by atoms with Gasteiger partial charge in [0.1, 0.15) is 22.4 Å². The fourth-order valence-electron chi connectivity index (χ4n) is 3.62. The van der Waals surface area contributed by atoms with Crippen molar-refractivity contribution in [3.8, 4) is 5.75 Å². The molecule has 41 heavy (non-hydrogen) atoms. The molecule has 1 aromatic heterocycles. The van der Waals surface area contributed by atoms with E-state index < -0.39 is 30.3 Å². The molecule has 1 aliphatic heterocycles. The van der Waals surface area contributed by atoms with Gasteiger partial charge >= 0.3 is 6.36 Å². The number of alkyl halides is 3. The van der Waals surface area contributed by atoms with Crippen molar-refractivity contribution in [2.75, 3.05) is 5.32 Å². The van der Waals surface area contributed by atoms with Crippen LogP contribution in [-0.2, 0) is 22.4 Å². The number of nitrogens with two attached hydrogens (primary N) is 2. The molecule has 0 unspecified atom stereocenters. The molecule has 0 aliphatic carbocycles. The number of anilines is 1. The lowest BCUT2D eigenvalue weighted by molar-refractivity contribution is -0.274. The third kappa shape index (κ3) is 11.8. The van der Waals surface area contributed by atoms with Gasteiger partial charge in [0.15, 0.2) is 0 Å². The highest BCUT2D eigenvalue weighted by molar-refractivity contribution is 7.15. The predicted octanol–water partition coefficient (Wildman–Crippen LogP) is 4.37. The summed E-state index contributed by atoms with van der Waals surface area (Å²) in [6.07, 6.45) is 5.58. The zero-order valence-electron chi connectivity index (χ0n) is 21.8. The van der Waals surface area contributed by atoms with Crippen molar-refractivity contribution in [2.45, 2.75) is 57.7 Å². The number of nitrogens with one attached hydrogen (secondary N) is 2. The second-order valence-electron chi connectivity index (χ2n) is 8.94. The largest absolute Gasteiger partial charge is 0.573 e. The molecule has 220 valence electrons. The van der Waals surface area contributed by atoms with Gasteiger partial charge in [0.05, 0.1) is 12.8 Å². The fraction of sp³-hybridized carbons (Fsp3) is 0.346. The molecule has 0 spiro atoms. The van der Waals surface area contributed by atoms with E-state index in [0.717, 1.165) is 54.6 Å². The number of aliphatic imine (C=N–C) groups is 1. The summed E-state index contributed by atoms with van der Waals surface area (Å²) in [5.74, 6) is -2.49. The number of hydrogen-bond donors (Lipinski definition) is 4. The van der Waals surface area contributed by atoms with Crippen LogP contribution in [0.15, 0.2) is 59.1 Å². The zero-order chi connectivity index (χ0) is 29.8. The first-order chi connectivity index (χ1) is 19.5. The van der Waals surface area contributed by atoms with Crippen LogP contribution in [0.25, 0.3) is 0 Å². The van der Waals surface area contributed by atoms with Crippen LogP contribution in [0, 0.1) is 5.82 Å². The smallest absolute Gasteiger partial charge is 0.406 e. The molecule has 2 aromatic rings. The van der Waals surface area contributed by atoms with Gasteiger partial charge in [-0.3, -0.25) is 14.6 Å². The summed E-state index contributed by atoms with van der Waals surface area (Å²) in [6.45, 7) is 0. The van der Waals surface area contributed by atoms with Gasteiger partial charge in [0, 0.05) is 29.6 Å². The number of allylic oxidation sites excluding steroid dienone is 4. The fourth-order valence-corrected chi connectivity index (χ4v) is 4.42. The van der Waals surface area contributed by atoms with E-state index in [1.807, 2.05) is 6.08 Å². The minimum atomic E-state index is -4.94. The van der Waals surface area contributed by atoms with E-state index in [2.05, 4.69) is 30.6 Å². The molecule has 0 fully saturated rings. The number of halogens is 4. The second-order valence-corrected chi connectivity index (χ2v) is 10.0. The van der Waals surface area contributed by atoms with Gasteiger partial charge in [-0.25, -0.2) is 4.39 Å². The van der Waals surface area contributed by atoms with Gasteiger partial charge in [-0.1, -0.05) is 17.4 Å². The number of aromatic nitrogens is 2. The lowest BCUT2D eigenvalue weighted by Crippen LogP contribution is -2.29. The lowest BCUT2D eigenvalue weighted by Gasteiger charge is -2.11. The van der Waals surface area contributed by atoms with Crippen LogP contribution in [0.1, 0.15) is 49.1 Å². The minimum Gasteiger partial charge on any atom is -0.406 e. The van der Waals surface area contributed by atoms with Gasteiger partial charge < -0.3 is 26.8 Å². The van der Waals surface area contributed by atoms with E-state index in [4.69, 9.17) is 11.5 Å². The Labute approximate surface area is 237 Å². The van der Waals surface area contributed by atoms with Crippen LogP contribution < -0.4 is 26.8 Å². The zero-order valence-corrected chi connectivity index (χ0v) is 22.7. The molecule has 6 N–H and O–H groups in total. The van der Waals surface area contributed by atoms with E-state index in [9.17, 15) is 27.2 Å². The monoisotopic (exact) mass is 595 g/mol. The van der Waals surface area contributed by atoms with Gasteiger partial charge in [0.2, 0.25) is 16.9 Å². The summed E-state index contributed by atoms with van der Waals surface area (Å²) in [7, 11) is 0. The summed E-state index contributed by atoms with van der Waals surface area (Å²) < 4.78 is 54.8. The molecule has 2 heterocycles. The Morgan fingerprint density at radius 3 is 2.63 bits per heavy atom. The van der Waals surface area contributed by atoms with E-state index in [-0.39, 0.29) is 23.7 Å². The average molecular weight is 596 g/mol. The first-order valence-electron chi connectivity index (χ1n) is 12.6. The molecule has 0 atom stereocenters. The molecule has 15 heteroatoms. The van der Waals surface area contributed by atoms with E-state index >= 15 is 0 Å². The van der Waals surface area contributed by atoms with Gasteiger partial charge in [-0.05, 0) is 62.5 Å². The molecule has 0 saturated heterocycles. The number of unbranched alkanes of at least 4 members (excludes halogenated alkanes) is 1. The Hall–Kier alpha value is -4.27. The maximum absolute atomic E-state index is 13.9. The maximum Gasteiger partial charge on any atom is 0.573 e. The van der Waals surface area contributed by atoms with Gasteiger partial charge in [0.25, 0.3) is 0 Å². The number of rotatable bonds is 13. The van der Waals surface area contributed by atoms with Crippen LogP contribution >= 0.6 is 11.3 Å². The SMILES string of the molecule is N/C(=C\C=C(/N)NC(=O)Cc1cc(OC(F)(F)F)ccc1F)CCCCc1nnc(NC(=O)CC2=NC=CCC2)s1. The normalized spacial score (nSPS) is 14.0. The second kappa shape index (κ2) is 14.9. The number of ether oxygens (including phenoxy) is 1. The predicted molar refractivity (Wildman–Crippen MR) is 146 cm³/mol. The Kier molecular flexibility index (Phi) is 11.4. The number of carbonyl (C=O) groups excluding carboxylic acids is 2. The molecule has 10 nitrogen and oxygen atoms in total. The highest BCUT2D eigenvalue weighted by Gasteiger charge is 2.31. The molecule has 3 rings (SSSR count). The van der Waals surface area contributed by atoms with Crippen molar-refractivity contribution in [2.24, 2.45) is 16.5 Å². The Morgan fingerprint density at radius 1 is 1.10 bits per heavy atom. The van der Waals surface area contributed by atoms with E-state index in [1.165, 1.54) is 23.5 Å². The Bertz CT molecular complexity index is 1350. The van der Waals surface area contributed by atoms with Crippen molar-refractivity contribution in [3.63, 3.8) is 0 Å². The molecular weight excluding hydrogens is 566 g/mol. The van der Waals surface area contributed by atoms with Gasteiger partial charge in [-0.2, -0.15) is 0 Å². The third-order valence-corrected chi connectivity index (χ3v) is 6.41. The highest BCUT2D eigenvalue weighted by atomic mass is 32.1. The van der Waals surface area contributed by atoms with Crippen LogP contribution in [0.3, 0.4) is 0 Å². The lowest BCUT2D eigenvalue weighted by atomic mass is 10.1. The number of aryl methyl sites for hydroxylation is 1. The van der Waals surface area contributed by atoms with Crippen LogP contribution in [0.5, 0.6) is 5.75 Å².